The molecule has 0 bridgehead atoms. The molecule has 0 atom stereocenters. The summed E-state index contributed by atoms with van der Waals surface area (Å²) in [5.41, 5.74) is -0.822. The van der Waals surface area contributed by atoms with Crippen LogP contribution in [-0.2, 0) is 15.7 Å². The SMILES string of the molecule is CCOC(=O)C1CCN(C(=O)c2ccc(C(F)(F)F)nc2C)CC1. The third kappa shape index (κ3) is 4.04. The molecule has 0 radical (unpaired) electrons. The van der Waals surface area contributed by atoms with Gasteiger partial charge < -0.3 is 9.64 Å². The molecule has 5 nitrogen and oxygen atoms in total. The van der Waals surface area contributed by atoms with Crippen molar-refractivity contribution in [1.82, 2.24) is 9.88 Å². The van der Waals surface area contributed by atoms with Crippen LogP contribution < -0.4 is 0 Å². The molecule has 0 N–H and O–H groups in total. The monoisotopic (exact) mass is 344 g/mol. The molecule has 0 saturated carbocycles. The lowest BCUT2D eigenvalue weighted by Gasteiger charge is -2.31. The minimum atomic E-state index is -4.54. The van der Waals surface area contributed by atoms with Crippen LogP contribution in [0.4, 0.5) is 13.2 Å². The number of piperidine rings is 1. The molecule has 1 aromatic heterocycles. The van der Waals surface area contributed by atoms with E-state index >= 15 is 0 Å². The van der Waals surface area contributed by atoms with E-state index in [1.54, 1.807) is 6.92 Å². The quantitative estimate of drug-likeness (QED) is 0.791. The van der Waals surface area contributed by atoms with Crippen LogP contribution in [-0.4, -0.2) is 41.5 Å². The molecule has 1 amide bonds. The van der Waals surface area contributed by atoms with Gasteiger partial charge in [0.15, 0.2) is 0 Å². The van der Waals surface area contributed by atoms with Gasteiger partial charge in [-0.15, -0.1) is 0 Å². The molecule has 2 rings (SSSR count). The molecule has 132 valence electrons. The number of pyridine rings is 1. The lowest BCUT2D eigenvalue weighted by molar-refractivity contribution is -0.149. The Labute approximate surface area is 137 Å². The Morgan fingerprint density at radius 1 is 1.29 bits per heavy atom. The summed E-state index contributed by atoms with van der Waals surface area (Å²) < 4.78 is 42.9. The number of carbonyl (C=O) groups excluding carboxylic acids is 2. The van der Waals surface area contributed by atoms with E-state index in [1.807, 2.05) is 0 Å². The number of aryl methyl sites for hydroxylation is 1. The van der Waals surface area contributed by atoms with Crippen molar-refractivity contribution in [2.75, 3.05) is 19.7 Å². The number of aromatic nitrogens is 1. The van der Waals surface area contributed by atoms with Crippen LogP contribution in [0.5, 0.6) is 0 Å². The van der Waals surface area contributed by atoms with Gasteiger partial charge in [-0.05, 0) is 38.8 Å². The molecule has 2 heterocycles. The molecule has 1 fully saturated rings. The molecule has 8 heteroatoms. The van der Waals surface area contributed by atoms with E-state index in [0.717, 1.165) is 12.1 Å². The van der Waals surface area contributed by atoms with E-state index in [9.17, 15) is 22.8 Å². The van der Waals surface area contributed by atoms with Gasteiger partial charge in [-0.2, -0.15) is 13.2 Å². The normalized spacial score (nSPS) is 16.1. The highest BCUT2D eigenvalue weighted by atomic mass is 19.4. The van der Waals surface area contributed by atoms with E-state index in [0.29, 0.717) is 32.5 Å². The van der Waals surface area contributed by atoms with Crippen molar-refractivity contribution in [3.05, 3.63) is 29.1 Å². The summed E-state index contributed by atoms with van der Waals surface area (Å²) >= 11 is 0. The summed E-state index contributed by atoms with van der Waals surface area (Å²) in [5, 5.41) is 0. The molecule has 1 aliphatic heterocycles. The van der Waals surface area contributed by atoms with Gasteiger partial charge in [0.2, 0.25) is 0 Å². The summed E-state index contributed by atoms with van der Waals surface area (Å²) in [4.78, 5) is 29.2. The van der Waals surface area contributed by atoms with Crippen molar-refractivity contribution in [1.29, 1.82) is 0 Å². The maximum absolute atomic E-state index is 12.6. The van der Waals surface area contributed by atoms with E-state index in [2.05, 4.69) is 4.98 Å². The van der Waals surface area contributed by atoms with E-state index in [1.165, 1.54) is 11.8 Å². The second kappa shape index (κ2) is 7.19. The highest BCUT2D eigenvalue weighted by Gasteiger charge is 2.34. The van der Waals surface area contributed by atoms with Crippen molar-refractivity contribution in [3.8, 4) is 0 Å². The van der Waals surface area contributed by atoms with Gasteiger partial charge in [-0.3, -0.25) is 9.59 Å². The average molecular weight is 344 g/mol. The second-order valence-electron chi connectivity index (χ2n) is 5.65. The number of alkyl halides is 3. The summed E-state index contributed by atoms with van der Waals surface area (Å²) in [6.07, 6.45) is -3.57. The predicted octanol–water partition coefficient (Wildman–Crippen LogP) is 2.82. The number of ether oxygens (including phenoxy) is 1. The molecular formula is C16H19F3N2O3. The number of carbonyl (C=O) groups is 2. The first-order valence-electron chi connectivity index (χ1n) is 7.74. The van der Waals surface area contributed by atoms with E-state index in [-0.39, 0.29) is 29.1 Å². The number of nitrogens with zero attached hydrogens (tertiary/aromatic N) is 2. The Morgan fingerprint density at radius 2 is 1.92 bits per heavy atom. The molecule has 1 aliphatic rings. The van der Waals surface area contributed by atoms with Crippen LogP contribution in [0.2, 0.25) is 0 Å². The number of rotatable bonds is 3. The molecule has 24 heavy (non-hydrogen) atoms. The standard InChI is InChI=1S/C16H19F3N2O3/c1-3-24-15(23)11-6-8-21(9-7-11)14(22)12-4-5-13(16(17,18)19)20-10(12)2/h4-5,11H,3,6-9H2,1-2H3. The van der Waals surface area contributed by atoms with Gasteiger partial charge in [0.1, 0.15) is 5.69 Å². The maximum Gasteiger partial charge on any atom is 0.433 e. The summed E-state index contributed by atoms with van der Waals surface area (Å²) in [5.74, 6) is -0.867. The van der Waals surface area contributed by atoms with E-state index < -0.39 is 11.9 Å². The predicted molar refractivity (Wildman–Crippen MR) is 79.2 cm³/mol. The zero-order chi connectivity index (χ0) is 17.9. The highest BCUT2D eigenvalue weighted by molar-refractivity contribution is 5.95. The number of halogens is 3. The zero-order valence-corrected chi connectivity index (χ0v) is 13.5. The number of amides is 1. The Morgan fingerprint density at radius 3 is 2.42 bits per heavy atom. The van der Waals surface area contributed by atoms with Crippen molar-refractivity contribution in [3.63, 3.8) is 0 Å². The Balaban J connectivity index is 2.04. The smallest absolute Gasteiger partial charge is 0.433 e. The number of hydrogen-bond donors (Lipinski definition) is 0. The molecule has 1 saturated heterocycles. The minimum absolute atomic E-state index is 0.0438. The summed E-state index contributed by atoms with van der Waals surface area (Å²) in [6.45, 7) is 4.16. The largest absolute Gasteiger partial charge is 0.466 e. The molecule has 0 aromatic carbocycles. The second-order valence-corrected chi connectivity index (χ2v) is 5.65. The van der Waals surface area contributed by atoms with Crippen molar-refractivity contribution < 1.29 is 27.5 Å². The van der Waals surface area contributed by atoms with Gasteiger partial charge in [-0.1, -0.05) is 0 Å². The molecular weight excluding hydrogens is 325 g/mol. The van der Waals surface area contributed by atoms with Crippen LogP contribution in [0, 0.1) is 12.8 Å². The van der Waals surface area contributed by atoms with E-state index in [4.69, 9.17) is 4.74 Å². The first-order valence-corrected chi connectivity index (χ1v) is 7.74. The van der Waals surface area contributed by atoms with Crippen LogP contribution in [0.3, 0.4) is 0 Å². The average Bonchev–Trinajstić information content (AvgIpc) is 2.53. The van der Waals surface area contributed by atoms with Gasteiger partial charge in [0.05, 0.1) is 23.8 Å². The first kappa shape index (κ1) is 18.2. The fourth-order valence-corrected chi connectivity index (χ4v) is 2.69. The zero-order valence-electron chi connectivity index (χ0n) is 13.5. The van der Waals surface area contributed by atoms with Crippen molar-refractivity contribution >= 4 is 11.9 Å². The Kier molecular flexibility index (Phi) is 5.46. The van der Waals surface area contributed by atoms with Crippen LogP contribution in [0.25, 0.3) is 0 Å². The van der Waals surface area contributed by atoms with Gasteiger partial charge >= 0.3 is 12.1 Å². The summed E-state index contributed by atoms with van der Waals surface area (Å²) in [6, 6.07) is 1.97. The summed E-state index contributed by atoms with van der Waals surface area (Å²) in [7, 11) is 0. The van der Waals surface area contributed by atoms with Crippen molar-refractivity contribution in [2.24, 2.45) is 5.92 Å². The molecule has 0 unspecified atom stereocenters. The van der Waals surface area contributed by atoms with Crippen molar-refractivity contribution in [2.45, 2.75) is 32.9 Å². The first-order chi connectivity index (χ1) is 11.2. The number of likely N-dealkylation sites (tertiary alicyclic amines) is 1. The lowest BCUT2D eigenvalue weighted by atomic mass is 9.96. The fraction of sp³-hybridized carbons (Fsp3) is 0.562. The lowest BCUT2D eigenvalue weighted by Crippen LogP contribution is -2.41. The van der Waals surface area contributed by atoms with Crippen LogP contribution in [0.15, 0.2) is 12.1 Å². The third-order valence-electron chi connectivity index (χ3n) is 4.01. The number of esters is 1. The molecule has 0 spiro atoms. The molecule has 1 aromatic rings. The van der Waals surface area contributed by atoms with Gasteiger partial charge in [0, 0.05) is 13.1 Å². The highest BCUT2D eigenvalue weighted by Crippen LogP contribution is 2.28. The van der Waals surface area contributed by atoms with Gasteiger partial charge in [0.25, 0.3) is 5.91 Å². The van der Waals surface area contributed by atoms with Crippen LogP contribution in [0.1, 0.15) is 41.5 Å². The Bertz CT molecular complexity index is 623. The van der Waals surface area contributed by atoms with Gasteiger partial charge in [-0.25, -0.2) is 4.98 Å². The topological polar surface area (TPSA) is 59.5 Å². The number of hydrogen-bond acceptors (Lipinski definition) is 4. The minimum Gasteiger partial charge on any atom is -0.466 e. The fourth-order valence-electron chi connectivity index (χ4n) is 2.69. The third-order valence-corrected chi connectivity index (χ3v) is 4.01. The molecule has 0 aliphatic carbocycles. The van der Waals surface area contributed by atoms with Crippen LogP contribution >= 0.6 is 0 Å². The maximum atomic E-state index is 12.6. The Hall–Kier alpha value is -2.12.